The molecule has 1 heterocycles. The van der Waals surface area contributed by atoms with Crippen LogP contribution in [0.15, 0.2) is 0 Å². The fraction of sp³-hybridized carbons (Fsp3) is 0.929. The summed E-state index contributed by atoms with van der Waals surface area (Å²) in [4.78, 5) is 15.8. The van der Waals surface area contributed by atoms with Gasteiger partial charge in [0, 0.05) is 52.5 Å². The summed E-state index contributed by atoms with van der Waals surface area (Å²) >= 11 is 0. The van der Waals surface area contributed by atoms with Gasteiger partial charge >= 0.3 is 5.97 Å². The summed E-state index contributed by atoms with van der Waals surface area (Å²) in [6.07, 6.45) is 0.337. The minimum Gasteiger partial charge on any atom is -0.469 e. The minimum absolute atomic E-state index is 0.133. The number of carbonyl (C=O) groups is 1. The third kappa shape index (κ3) is 6.65. The molecular weight excluding hydrogens is 260 g/mol. The van der Waals surface area contributed by atoms with Gasteiger partial charge in [-0.2, -0.15) is 0 Å². The number of methoxy groups -OCH3 is 1. The van der Waals surface area contributed by atoms with Crippen LogP contribution in [0.4, 0.5) is 0 Å². The van der Waals surface area contributed by atoms with Gasteiger partial charge in [0.05, 0.1) is 13.5 Å². The summed E-state index contributed by atoms with van der Waals surface area (Å²) in [5.74, 6) is -0.139. The second-order valence-electron chi connectivity index (χ2n) is 4.81. The first kappa shape index (κ1) is 17.4. The SMILES string of the molecule is CCOC(CN1CCN(CCC(=O)OC)CC1)OCC. The van der Waals surface area contributed by atoms with E-state index in [2.05, 4.69) is 14.5 Å². The Balaban J connectivity index is 2.21. The number of ether oxygens (including phenoxy) is 3. The lowest BCUT2D eigenvalue weighted by atomic mass is 10.3. The minimum atomic E-state index is -0.139. The van der Waals surface area contributed by atoms with E-state index in [0.29, 0.717) is 19.6 Å². The van der Waals surface area contributed by atoms with Gasteiger partial charge in [-0.25, -0.2) is 0 Å². The Labute approximate surface area is 121 Å². The number of esters is 1. The number of carbonyl (C=O) groups excluding carboxylic acids is 1. The van der Waals surface area contributed by atoms with Crippen LogP contribution in [0.1, 0.15) is 20.3 Å². The summed E-state index contributed by atoms with van der Waals surface area (Å²) in [5, 5.41) is 0. The van der Waals surface area contributed by atoms with Gasteiger partial charge in [-0.15, -0.1) is 0 Å². The Hall–Kier alpha value is -0.690. The average Bonchev–Trinajstić information content (AvgIpc) is 2.46. The average molecular weight is 288 g/mol. The van der Waals surface area contributed by atoms with E-state index in [-0.39, 0.29) is 12.3 Å². The molecule has 0 aromatic carbocycles. The Morgan fingerprint density at radius 2 is 1.60 bits per heavy atom. The van der Waals surface area contributed by atoms with Crippen molar-refractivity contribution in [2.75, 3.05) is 59.6 Å². The molecule has 118 valence electrons. The van der Waals surface area contributed by atoms with Crippen LogP contribution < -0.4 is 0 Å². The molecule has 6 nitrogen and oxygen atoms in total. The first-order valence-electron chi connectivity index (χ1n) is 7.44. The predicted octanol–water partition coefficient (Wildman–Crippen LogP) is 0.566. The number of hydrogen-bond donors (Lipinski definition) is 0. The molecule has 0 amide bonds. The van der Waals surface area contributed by atoms with Crippen LogP contribution in [0.5, 0.6) is 0 Å². The lowest BCUT2D eigenvalue weighted by Crippen LogP contribution is -2.49. The van der Waals surface area contributed by atoms with Crippen molar-refractivity contribution < 1.29 is 19.0 Å². The molecular formula is C14H28N2O4. The van der Waals surface area contributed by atoms with Gasteiger partial charge in [0.2, 0.25) is 0 Å². The molecule has 0 radical (unpaired) electrons. The van der Waals surface area contributed by atoms with Gasteiger partial charge < -0.3 is 19.1 Å². The summed E-state index contributed by atoms with van der Waals surface area (Å²) in [7, 11) is 1.43. The number of nitrogens with zero attached hydrogens (tertiary/aromatic N) is 2. The van der Waals surface area contributed by atoms with Gasteiger partial charge in [0.15, 0.2) is 6.29 Å². The summed E-state index contributed by atoms with van der Waals surface area (Å²) in [6.45, 7) is 10.8. The largest absolute Gasteiger partial charge is 0.469 e. The molecule has 0 bridgehead atoms. The molecule has 1 fully saturated rings. The zero-order chi connectivity index (χ0) is 14.8. The maximum absolute atomic E-state index is 11.1. The zero-order valence-electron chi connectivity index (χ0n) is 13.0. The maximum Gasteiger partial charge on any atom is 0.306 e. The fourth-order valence-electron chi connectivity index (χ4n) is 2.28. The standard InChI is InChI=1S/C14H28N2O4/c1-4-19-14(20-5-2)12-16-10-8-15(9-11-16)7-6-13(17)18-3/h14H,4-12H2,1-3H3. The third-order valence-electron chi connectivity index (χ3n) is 3.44. The van der Waals surface area contributed by atoms with Gasteiger partial charge in [0.25, 0.3) is 0 Å². The first-order valence-corrected chi connectivity index (χ1v) is 7.44. The molecule has 1 saturated heterocycles. The Morgan fingerprint density at radius 3 is 2.10 bits per heavy atom. The highest BCUT2D eigenvalue weighted by Crippen LogP contribution is 2.06. The van der Waals surface area contributed by atoms with Crippen molar-refractivity contribution in [2.24, 2.45) is 0 Å². The second kappa shape index (κ2) is 10.1. The highest BCUT2D eigenvalue weighted by atomic mass is 16.7. The monoisotopic (exact) mass is 288 g/mol. The van der Waals surface area contributed by atoms with Crippen molar-refractivity contribution in [3.05, 3.63) is 0 Å². The van der Waals surface area contributed by atoms with E-state index in [4.69, 9.17) is 9.47 Å². The molecule has 0 spiro atoms. The highest BCUT2D eigenvalue weighted by Gasteiger charge is 2.20. The summed E-state index contributed by atoms with van der Waals surface area (Å²) < 4.78 is 15.8. The predicted molar refractivity (Wildman–Crippen MR) is 76.6 cm³/mol. The fourth-order valence-corrected chi connectivity index (χ4v) is 2.28. The topological polar surface area (TPSA) is 51.2 Å². The van der Waals surface area contributed by atoms with Crippen molar-refractivity contribution in [3.63, 3.8) is 0 Å². The molecule has 0 N–H and O–H groups in total. The summed E-state index contributed by atoms with van der Waals surface area (Å²) in [6, 6.07) is 0. The van der Waals surface area contributed by atoms with Crippen molar-refractivity contribution in [3.8, 4) is 0 Å². The number of piperazine rings is 1. The van der Waals surface area contributed by atoms with Crippen molar-refractivity contribution in [1.29, 1.82) is 0 Å². The van der Waals surface area contributed by atoms with E-state index in [9.17, 15) is 4.79 Å². The van der Waals surface area contributed by atoms with Gasteiger partial charge in [-0.1, -0.05) is 0 Å². The van der Waals surface area contributed by atoms with Crippen molar-refractivity contribution in [1.82, 2.24) is 9.80 Å². The Bertz CT molecular complexity index is 262. The molecule has 0 unspecified atom stereocenters. The molecule has 1 rings (SSSR count). The van der Waals surface area contributed by atoms with Crippen LogP contribution in [0, 0.1) is 0 Å². The normalized spacial score (nSPS) is 17.6. The Morgan fingerprint density at radius 1 is 1.05 bits per heavy atom. The molecule has 0 aromatic heterocycles. The smallest absolute Gasteiger partial charge is 0.306 e. The number of rotatable bonds is 9. The molecule has 0 saturated carbocycles. The lowest BCUT2D eigenvalue weighted by molar-refractivity contribution is -0.149. The molecule has 20 heavy (non-hydrogen) atoms. The lowest BCUT2D eigenvalue weighted by Gasteiger charge is -2.36. The van der Waals surface area contributed by atoms with E-state index in [1.807, 2.05) is 13.8 Å². The van der Waals surface area contributed by atoms with E-state index in [1.165, 1.54) is 7.11 Å². The number of hydrogen-bond acceptors (Lipinski definition) is 6. The van der Waals surface area contributed by atoms with Crippen LogP contribution in [-0.4, -0.2) is 81.7 Å². The van der Waals surface area contributed by atoms with Gasteiger partial charge in [0.1, 0.15) is 0 Å². The van der Waals surface area contributed by atoms with Crippen LogP contribution in [0.2, 0.25) is 0 Å². The van der Waals surface area contributed by atoms with Crippen LogP contribution >= 0.6 is 0 Å². The van der Waals surface area contributed by atoms with E-state index >= 15 is 0 Å². The summed E-state index contributed by atoms with van der Waals surface area (Å²) in [5.41, 5.74) is 0. The van der Waals surface area contributed by atoms with E-state index in [1.54, 1.807) is 0 Å². The molecule has 6 heteroatoms. The third-order valence-corrected chi connectivity index (χ3v) is 3.44. The Kier molecular flexibility index (Phi) is 8.77. The van der Waals surface area contributed by atoms with Crippen molar-refractivity contribution in [2.45, 2.75) is 26.6 Å². The second-order valence-corrected chi connectivity index (χ2v) is 4.81. The van der Waals surface area contributed by atoms with Crippen LogP contribution in [0.3, 0.4) is 0 Å². The van der Waals surface area contributed by atoms with E-state index < -0.39 is 0 Å². The molecule has 0 atom stereocenters. The van der Waals surface area contributed by atoms with Gasteiger partial charge in [-0.05, 0) is 13.8 Å². The quantitative estimate of drug-likeness (QED) is 0.457. The molecule has 0 aliphatic carbocycles. The zero-order valence-corrected chi connectivity index (χ0v) is 13.0. The van der Waals surface area contributed by atoms with E-state index in [0.717, 1.165) is 39.3 Å². The van der Waals surface area contributed by atoms with Crippen LogP contribution in [0.25, 0.3) is 0 Å². The highest BCUT2D eigenvalue weighted by molar-refractivity contribution is 5.69. The van der Waals surface area contributed by atoms with Crippen molar-refractivity contribution >= 4 is 5.97 Å². The van der Waals surface area contributed by atoms with Gasteiger partial charge in [-0.3, -0.25) is 9.69 Å². The van der Waals surface area contributed by atoms with Crippen LogP contribution in [-0.2, 0) is 19.0 Å². The molecule has 0 aromatic rings. The molecule has 1 aliphatic heterocycles. The maximum atomic E-state index is 11.1. The first-order chi connectivity index (χ1) is 9.69. The molecule has 1 aliphatic rings.